The van der Waals surface area contributed by atoms with Crippen molar-refractivity contribution in [2.75, 3.05) is 14.8 Å². The van der Waals surface area contributed by atoms with Gasteiger partial charge in [-0.2, -0.15) is 0 Å². The van der Waals surface area contributed by atoms with Gasteiger partial charge in [0.05, 0.1) is 15.5 Å². The van der Waals surface area contributed by atoms with E-state index >= 15 is 0 Å². The number of carbonyl (C=O) groups is 1. The number of amides is 1. The molecule has 0 atom stereocenters. The molecule has 8 nitrogen and oxygen atoms in total. The molecule has 1 amide bonds. The number of anilines is 3. The highest BCUT2D eigenvalue weighted by molar-refractivity contribution is 7.93. The average Bonchev–Trinajstić information content (AvgIpc) is 2.87. The summed E-state index contributed by atoms with van der Waals surface area (Å²) >= 11 is 0. The lowest BCUT2D eigenvalue weighted by molar-refractivity contribution is 0.102. The summed E-state index contributed by atoms with van der Waals surface area (Å²) in [6, 6.07) is 24.1. The predicted molar refractivity (Wildman–Crippen MR) is 150 cm³/mol. The Labute approximate surface area is 222 Å². The van der Waals surface area contributed by atoms with Gasteiger partial charge in [-0.15, -0.1) is 0 Å². The van der Waals surface area contributed by atoms with E-state index in [1.165, 1.54) is 36.4 Å². The molecule has 0 radical (unpaired) electrons. The first-order chi connectivity index (χ1) is 17.9. The summed E-state index contributed by atoms with van der Waals surface area (Å²) in [7, 11) is -7.77. The summed E-state index contributed by atoms with van der Waals surface area (Å²) in [5, 5.41) is 2.68. The molecule has 4 aromatic rings. The van der Waals surface area contributed by atoms with Crippen LogP contribution in [0, 0.1) is 20.8 Å². The van der Waals surface area contributed by atoms with E-state index in [4.69, 9.17) is 0 Å². The Morgan fingerprint density at radius 2 is 1.29 bits per heavy atom. The van der Waals surface area contributed by atoms with Crippen molar-refractivity contribution in [2.45, 2.75) is 30.6 Å². The number of sulfonamides is 2. The van der Waals surface area contributed by atoms with Gasteiger partial charge in [-0.25, -0.2) is 16.8 Å². The van der Waals surface area contributed by atoms with E-state index in [0.717, 1.165) is 11.1 Å². The first-order valence-corrected chi connectivity index (χ1v) is 14.6. The molecule has 0 unspecified atom stereocenters. The average molecular weight is 550 g/mol. The van der Waals surface area contributed by atoms with Crippen molar-refractivity contribution < 1.29 is 21.6 Å². The second-order valence-corrected chi connectivity index (χ2v) is 12.2. The third-order valence-corrected chi connectivity index (χ3v) is 8.73. The second kappa shape index (κ2) is 10.7. The number of rotatable bonds is 8. The Morgan fingerprint density at radius 1 is 0.632 bits per heavy atom. The molecular formula is C28H27N3O5S2. The molecule has 0 fully saturated rings. The number of hydrogen-bond acceptors (Lipinski definition) is 5. The van der Waals surface area contributed by atoms with Crippen molar-refractivity contribution in [2.24, 2.45) is 0 Å². The SMILES string of the molecule is Cc1ccc(C)c(NS(=O)(=O)c2ccc(NC(=O)c3ccc(C)c(S(=O)(=O)Nc4ccccc4)c3)cc2)c1. The molecule has 196 valence electrons. The fraction of sp³-hybridized carbons (Fsp3) is 0.107. The molecule has 38 heavy (non-hydrogen) atoms. The first-order valence-electron chi connectivity index (χ1n) is 11.6. The van der Waals surface area contributed by atoms with Crippen molar-refractivity contribution in [3.8, 4) is 0 Å². The molecule has 0 spiro atoms. The third kappa shape index (κ3) is 6.21. The lowest BCUT2D eigenvalue weighted by Crippen LogP contribution is -2.17. The number of para-hydroxylation sites is 1. The van der Waals surface area contributed by atoms with E-state index in [9.17, 15) is 21.6 Å². The van der Waals surface area contributed by atoms with Gasteiger partial charge in [0, 0.05) is 16.9 Å². The summed E-state index contributed by atoms with van der Waals surface area (Å²) in [6.45, 7) is 5.34. The normalized spacial score (nSPS) is 11.6. The van der Waals surface area contributed by atoms with Crippen LogP contribution in [0.25, 0.3) is 0 Å². The molecule has 10 heteroatoms. The van der Waals surface area contributed by atoms with E-state index in [1.54, 1.807) is 49.4 Å². The maximum atomic E-state index is 13.0. The number of hydrogen-bond donors (Lipinski definition) is 3. The van der Waals surface area contributed by atoms with Crippen molar-refractivity contribution in [1.29, 1.82) is 0 Å². The zero-order valence-corrected chi connectivity index (χ0v) is 22.7. The van der Waals surface area contributed by atoms with Crippen molar-refractivity contribution >= 4 is 43.0 Å². The third-order valence-electron chi connectivity index (χ3n) is 5.83. The minimum absolute atomic E-state index is 0.0204. The number of carbonyl (C=O) groups excluding carboxylic acids is 1. The van der Waals surface area contributed by atoms with Gasteiger partial charge in [-0.05, 0) is 92.1 Å². The smallest absolute Gasteiger partial charge is 0.262 e. The molecule has 0 bridgehead atoms. The highest BCUT2D eigenvalue weighted by Crippen LogP contribution is 2.24. The maximum absolute atomic E-state index is 13.0. The number of aryl methyl sites for hydroxylation is 3. The van der Waals surface area contributed by atoms with Crippen molar-refractivity contribution in [1.82, 2.24) is 0 Å². The van der Waals surface area contributed by atoms with E-state index < -0.39 is 26.0 Å². The van der Waals surface area contributed by atoms with Gasteiger partial charge in [0.1, 0.15) is 0 Å². The molecule has 0 aliphatic rings. The van der Waals surface area contributed by atoms with Gasteiger partial charge in [-0.3, -0.25) is 14.2 Å². The molecular weight excluding hydrogens is 522 g/mol. The predicted octanol–water partition coefficient (Wildman–Crippen LogP) is 5.47. The molecule has 4 aromatic carbocycles. The summed E-state index contributed by atoms with van der Waals surface area (Å²) < 4.78 is 56.7. The monoisotopic (exact) mass is 549 g/mol. The van der Waals surface area contributed by atoms with E-state index in [-0.39, 0.29) is 15.4 Å². The van der Waals surface area contributed by atoms with Crippen LogP contribution in [0.3, 0.4) is 0 Å². The largest absolute Gasteiger partial charge is 0.322 e. The molecule has 4 rings (SSSR count). The minimum atomic E-state index is -3.93. The van der Waals surface area contributed by atoms with Crippen LogP contribution in [0.15, 0.2) is 101 Å². The van der Waals surface area contributed by atoms with Crippen LogP contribution in [0.4, 0.5) is 17.1 Å². The summed E-state index contributed by atoms with van der Waals surface area (Å²) in [5.74, 6) is -0.537. The molecule has 0 saturated heterocycles. The topological polar surface area (TPSA) is 121 Å². The van der Waals surface area contributed by atoms with Crippen LogP contribution in [0.2, 0.25) is 0 Å². The Bertz CT molecular complexity index is 1700. The van der Waals surface area contributed by atoms with Crippen LogP contribution < -0.4 is 14.8 Å². The lowest BCUT2D eigenvalue weighted by Gasteiger charge is -2.13. The molecule has 0 saturated carbocycles. The number of benzene rings is 4. The van der Waals surface area contributed by atoms with Crippen molar-refractivity contribution in [3.63, 3.8) is 0 Å². The zero-order chi connectivity index (χ0) is 27.5. The van der Waals surface area contributed by atoms with Crippen LogP contribution in [0.5, 0.6) is 0 Å². The highest BCUT2D eigenvalue weighted by Gasteiger charge is 2.20. The van der Waals surface area contributed by atoms with Gasteiger partial charge in [-0.1, -0.05) is 36.4 Å². The second-order valence-electron chi connectivity index (χ2n) is 8.85. The summed E-state index contributed by atoms with van der Waals surface area (Å²) in [4.78, 5) is 12.9. The van der Waals surface area contributed by atoms with Gasteiger partial charge in [0.2, 0.25) is 0 Å². The summed E-state index contributed by atoms with van der Waals surface area (Å²) in [6.07, 6.45) is 0. The van der Waals surface area contributed by atoms with Crippen LogP contribution in [0.1, 0.15) is 27.0 Å². The van der Waals surface area contributed by atoms with Crippen LogP contribution in [-0.4, -0.2) is 22.7 Å². The Hall–Kier alpha value is -4.15. The van der Waals surface area contributed by atoms with Crippen molar-refractivity contribution in [3.05, 3.63) is 113 Å². The number of nitrogens with one attached hydrogen (secondary N) is 3. The van der Waals surface area contributed by atoms with E-state index in [0.29, 0.717) is 22.6 Å². The standard InChI is InChI=1S/C28H27N3O5S2/c1-19-9-10-20(2)26(17-19)31-37(33,34)25-15-13-23(14-16-25)29-28(32)22-12-11-21(3)27(18-22)38(35,36)30-24-7-5-4-6-8-24/h4-18,30-31H,1-3H3,(H,29,32). The van der Waals surface area contributed by atoms with E-state index in [2.05, 4.69) is 14.8 Å². The van der Waals surface area contributed by atoms with Gasteiger partial charge < -0.3 is 5.32 Å². The molecule has 0 aromatic heterocycles. The Kier molecular flexibility index (Phi) is 7.56. The fourth-order valence-corrected chi connectivity index (χ4v) is 6.17. The molecule has 0 aliphatic heterocycles. The lowest BCUT2D eigenvalue weighted by atomic mass is 10.1. The Morgan fingerprint density at radius 3 is 1.97 bits per heavy atom. The molecule has 0 aliphatic carbocycles. The van der Waals surface area contributed by atoms with Crippen LogP contribution >= 0.6 is 0 Å². The quantitative estimate of drug-likeness (QED) is 0.269. The maximum Gasteiger partial charge on any atom is 0.262 e. The molecule has 3 N–H and O–H groups in total. The van der Waals surface area contributed by atoms with Gasteiger partial charge >= 0.3 is 0 Å². The van der Waals surface area contributed by atoms with Gasteiger partial charge in [0.15, 0.2) is 0 Å². The van der Waals surface area contributed by atoms with Crippen LogP contribution in [-0.2, 0) is 20.0 Å². The highest BCUT2D eigenvalue weighted by atomic mass is 32.2. The van der Waals surface area contributed by atoms with E-state index in [1.807, 2.05) is 26.0 Å². The minimum Gasteiger partial charge on any atom is -0.322 e. The fourth-order valence-electron chi connectivity index (χ4n) is 3.72. The first kappa shape index (κ1) is 26.9. The molecule has 0 heterocycles. The van der Waals surface area contributed by atoms with Gasteiger partial charge in [0.25, 0.3) is 26.0 Å². The summed E-state index contributed by atoms with van der Waals surface area (Å²) in [5.41, 5.74) is 3.59. The zero-order valence-electron chi connectivity index (χ0n) is 21.0. The Balaban J connectivity index is 1.50.